The Morgan fingerprint density at radius 2 is 1.66 bits per heavy atom. The molecule has 3 heterocycles. The number of ketones is 2. The number of nitrogen functional groups attached to an aromatic ring is 1. The number of aromatic nitrogens is 4. The molecule has 0 spiro atoms. The highest BCUT2D eigenvalue weighted by molar-refractivity contribution is 7.61. The highest BCUT2D eigenvalue weighted by Crippen LogP contribution is 2.61. The highest BCUT2D eigenvalue weighted by atomic mass is 31.3. The number of Topliss-reactive ketones (excluding diaryl/α,β-unsaturated/α-hetero) is 2. The lowest BCUT2D eigenvalue weighted by atomic mass is 9.84. The Bertz CT molecular complexity index is 1630. The van der Waals surface area contributed by atoms with E-state index in [2.05, 4.69) is 23.8 Å². The normalized spacial score (nSPS) is 23.2. The lowest BCUT2D eigenvalue weighted by Gasteiger charge is -2.30. The van der Waals surface area contributed by atoms with Crippen LogP contribution in [0.3, 0.4) is 0 Å². The van der Waals surface area contributed by atoms with Gasteiger partial charge in [0, 0.05) is 24.7 Å². The highest BCUT2D eigenvalue weighted by Gasteiger charge is 2.50. The maximum absolute atomic E-state index is 12.6. The molecule has 1 aliphatic heterocycles. The molecule has 284 valence electrons. The van der Waals surface area contributed by atoms with Gasteiger partial charge >= 0.3 is 23.5 Å². The number of hydrogen-bond acceptors (Lipinski definition) is 16. The lowest BCUT2D eigenvalue weighted by Crippen LogP contribution is -2.39. The van der Waals surface area contributed by atoms with Crippen LogP contribution in [0.25, 0.3) is 11.2 Å². The number of phosphoric acid groups is 3. The van der Waals surface area contributed by atoms with Crippen LogP contribution in [0.2, 0.25) is 0 Å². The second-order valence-corrected chi connectivity index (χ2v) is 17.1. The van der Waals surface area contributed by atoms with E-state index in [0.717, 1.165) is 30.1 Å². The number of aliphatic hydroxyl groups excluding tert-OH is 2. The predicted molar refractivity (Wildman–Crippen MR) is 172 cm³/mol. The summed E-state index contributed by atoms with van der Waals surface area (Å²) >= 11 is 0. The Balaban J connectivity index is 1.57. The van der Waals surface area contributed by atoms with E-state index in [-0.39, 0.29) is 42.0 Å². The summed E-state index contributed by atoms with van der Waals surface area (Å²) in [5.41, 5.74) is 4.41. The summed E-state index contributed by atoms with van der Waals surface area (Å²) in [5, 5.41) is 21.4. The number of fused-ring (bicyclic) bond motifs is 1. The Labute approximate surface area is 286 Å². The van der Waals surface area contributed by atoms with Crippen LogP contribution in [0.5, 0.6) is 0 Å². The molecule has 0 saturated carbocycles. The predicted octanol–water partition coefficient (Wildman–Crippen LogP) is 1.92. The monoisotopic (exact) mass is 775 g/mol. The van der Waals surface area contributed by atoms with E-state index < -0.39 is 78.5 Å². The van der Waals surface area contributed by atoms with Crippen molar-refractivity contribution in [3.8, 4) is 0 Å². The maximum atomic E-state index is 12.6. The van der Waals surface area contributed by atoms with Crippen LogP contribution in [0, 0.1) is 11.3 Å². The van der Waals surface area contributed by atoms with Crippen molar-refractivity contribution in [1.29, 1.82) is 0 Å². The topological polar surface area (TPSA) is 322 Å². The molecule has 50 heavy (non-hydrogen) atoms. The van der Waals surface area contributed by atoms with Gasteiger partial charge in [-0.3, -0.25) is 27.7 Å². The number of phosphoric ester groups is 3. The molecule has 2 aromatic rings. The molecule has 0 radical (unpaired) electrons. The minimum absolute atomic E-state index is 0.00243. The van der Waals surface area contributed by atoms with Crippen molar-refractivity contribution >= 4 is 52.0 Å². The van der Waals surface area contributed by atoms with Gasteiger partial charge in [-0.05, 0) is 18.8 Å². The molecule has 1 aliphatic rings. The van der Waals surface area contributed by atoms with Crippen molar-refractivity contribution in [2.24, 2.45) is 11.3 Å². The van der Waals surface area contributed by atoms with Crippen LogP contribution in [0.15, 0.2) is 12.7 Å². The van der Waals surface area contributed by atoms with Crippen molar-refractivity contribution in [3.63, 3.8) is 0 Å². The summed E-state index contributed by atoms with van der Waals surface area (Å²) in [6, 6.07) is 0. The molecule has 0 bridgehead atoms. The Hall–Kier alpha value is -2.06. The Morgan fingerprint density at radius 3 is 2.30 bits per heavy atom. The third-order valence-corrected chi connectivity index (χ3v) is 10.7. The van der Waals surface area contributed by atoms with Gasteiger partial charge in [-0.1, -0.05) is 34.1 Å². The van der Waals surface area contributed by atoms with E-state index in [1.165, 1.54) is 13.8 Å². The van der Waals surface area contributed by atoms with Crippen LogP contribution >= 0.6 is 23.5 Å². The van der Waals surface area contributed by atoms with Crippen molar-refractivity contribution < 1.29 is 75.7 Å². The average molecular weight is 776 g/mol. The third-order valence-electron chi connectivity index (χ3n) is 7.60. The van der Waals surface area contributed by atoms with Crippen molar-refractivity contribution in [2.75, 3.05) is 18.9 Å². The molecule has 8 N–H and O–H groups in total. The van der Waals surface area contributed by atoms with Gasteiger partial charge < -0.3 is 40.3 Å². The first-order valence-corrected chi connectivity index (χ1v) is 19.9. The van der Waals surface area contributed by atoms with E-state index in [4.69, 9.17) is 19.5 Å². The standard InChI is InChI=1S/C26H44N5O16P3/c1-15(2)7-5-8-16(32)9-6-10-17(33)22(35)26(3,4)12-44-50(41,42)47-49(39,40)43-11-18-21(46-48(36,37)38)20(34)25(45-18)31-14-30-19-23(27)28-13-29-24(19)31/h13-15,18,20-22,25,34-35H,5-12H2,1-4H3,(H,39,40)(H,41,42)(H2,27,28,29)(H2,36,37,38). The number of rotatable bonds is 21. The summed E-state index contributed by atoms with van der Waals surface area (Å²) < 4.78 is 62.0. The van der Waals surface area contributed by atoms with Crippen molar-refractivity contribution in [2.45, 2.75) is 96.9 Å². The first-order valence-electron chi connectivity index (χ1n) is 15.4. The van der Waals surface area contributed by atoms with Gasteiger partial charge in [0.05, 0.1) is 19.5 Å². The fourth-order valence-electron chi connectivity index (χ4n) is 4.97. The minimum atomic E-state index is -5.52. The SMILES string of the molecule is CC(C)CCCC(=O)CCCC(=O)C(O)C(C)(C)COP(=O)(O)OP(=O)(O)OCC1OC(n2cnc3c(N)ncnc32)C(O)C1OP(=O)(O)O. The molecule has 1 saturated heterocycles. The minimum Gasteiger partial charge on any atom is -0.386 e. The summed E-state index contributed by atoms with van der Waals surface area (Å²) in [7, 11) is -16.2. The van der Waals surface area contributed by atoms with Crippen molar-refractivity contribution in [3.05, 3.63) is 12.7 Å². The maximum Gasteiger partial charge on any atom is 0.481 e. The van der Waals surface area contributed by atoms with Gasteiger partial charge in [0.1, 0.15) is 42.0 Å². The molecular formula is C26H44N5O16P3. The van der Waals surface area contributed by atoms with Gasteiger partial charge in [-0.15, -0.1) is 0 Å². The van der Waals surface area contributed by atoms with Gasteiger partial charge in [-0.2, -0.15) is 4.31 Å². The molecule has 0 aromatic carbocycles. The van der Waals surface area contributed by atoms with Crippen molar-refractivity contribution in [1.82, 2.24) is 19.5 Å². The van der Waals surface area contributed by atoms with Gasteiger partial charge in [0.15, 0.2) is 23.5 Å². The van der Waals surface area contributed by atoms with E-state index in [1.54, 1.807) is 0 Å². The van der Waals surface area contributed by atoms with Crippen LogP contribution in [-0.4, -0.2) is 98.5 Å². The summed E-state index contributed by atoms with van der Waals surface area (Å²) in [6.45, 7) is 4.85. The molecule has 7 atom stereocenters. The van der Waals surface area contributed by atoms with E-state index >= 15 is 0 Å². The van der Waals surface area contributed by atoms with Crippen LogP contribution < -0.4 is 5.73 Å². The third kappa shape index (κ3) is 12.3. The number of hydrogen-bond donors (Lipinski definition) is 7. The molecule has 0 amide bonds. The average Bonchev–Trinajstić information content (AvgIpc) is 3.54. The number of nitrogens with zero attached hydrogens (tertiary/aromatic N) is 4. The lowest BCUT2D eigenvalue weighted by molar-refractivity contribution is -0.134. The zero-order valence-corrected chi connectivity index (χ0v) is 30.4. The van der Waals surface area contributed by atoms with Gasteiger partial charge in [0.2, 0.25) is 0 Å². The fourth-order valence-corrected chi connectivity index (χ4v) is 7.79. The molecule has 3 rings (SSSR count). The largest absolute Gasteiger partial charge is 0.481 e. The van der Waals surface area contributed by atoms with Crippen LogP contribution in [0.1, 0.15) is 72.4 Å². The van der Waals surface area contributed by atoms with E-state index in [0.29, 0.717) is 12.3 Å². The van der Waals surface area contributed by atoms with Gasteiger partial charge in [0.25, 0.3) is 0 Å². The van der Waals surface area contributed by atoms with Crippen LogP contribution in [0.4, 0.5) is 5.82 Å². The van der Waals surface area contributed by atoms with Crippen LogP contribution in [-0.2, 0) is 45.9 Å². The fraction of sp³-hybridized carbons (Fsp3) is 0.731. The second kappa shape index (κ2) is 17.2. The zero-order chi connectivity index (χ0) is 37.7. The molecule has 24 heteroatoms. The first kappa shape index (κ1) is 42.4. The molecule has 0 aliphatic carbocycles. The quantitative estimate of drug-likeness (QED) is 0.0890. The number of anilines is 1. The molecular weight excluding hydrogens is 731 g/mol. The zero-order valence-electron chi connectivity index (χ0n) is 27.7. The Morgan fingerprint density at radius 1 is 1.02 bits per heavy atom. The second-order valence-electron chi connectivity index (χ2n) is 12.8. The summed E-state index contributed by atoms with van der Waals surface area (Å²) in [5.74, 6) is -0.216. The molecule has 21 nitrogen and oxygen atoms in total. The van der Waals surface area contributed by atoms with Gasteiger partial charge in [-0.25, -0.2) is 28.6 Å². The number of ether oxygens (including phenoxy) is 1. The van der Waals surface area contributed by atoms with E-state index in [9.17, 15) is 53.1 Å². The number of carbonyl (C=O) groups is 2. The summed E-state index contributed by atoms with van der Waals surface area (Å²) in [6.07, 6.45) is -4.19. The smallest absolute Gasteiger partial charge is 0.386 e. The Kier molecular flexibility index (Phi) is 14.6. The first-order chi connectivity index (χ1) is 23.0. The number of aliphatic hydroxyl groups is 2. The molecule has 2 aromatic heterocycles. The molecule has 1 fully saturated rings. The van der Waals surface area contributed by atoms with E-state index in [1.807, 2.05) is 13.8 Å². The number of imidazole rings is 1. The molecule has 7 unspecified atom stereocenters. The summed E-state index contributed by atoms with van der Waals surface area (Å²) in [4.78, 5) is 75.4. The number of nitrogens with two attached hydrogens (primary N) is 1. The number of carbonyl (C=O) groups excluding carboxylic acids is 2.